The molecule has 1 unspecified atom stereocenters. The largest absolute Gasteiger partial charge is 0.506 e. The van der Waals surface area contributed by atoms with Crippen LogP contribution in [-0.2, 0) is 4.57 Å². The second-order valence-electron chi connectivity index (χ2n) is 4.21. The van der Waals surface area contributed by atoms with Crippen molar-refractivity contribution >= 4 is 17.8 Å². The highest BCUT2D eigenvalue weighted by atomic mass is 31.2. The molecule has 3 aliphatic heterocycles. The number of aliphatic hydroxyl groups excluding tert-OH is 1. The average molecular weight is 245 g/mol. The molecule has 0 spiro atoms. The smallest absolute Gasteiger partial charge is 0.354 e. The van der Waals surface area contributed by atoms with E-state index in [2.05, 4.69) is 0 Å². The molecule has 1 atom stereocenters. The van der Waals surface area contributed by atoms with Crippen LogP contribution < -0.4 is 5.63 Å². The summed E-state index contributed by atoms with van der Waals surface area (Å²) in [5.41, 5.74) is 0.266. The summed E-state index contributed by atoms with van der Waals surface area (Å²) in [6.45, 7) is 1.63. The summed E-state index contributed by atoms with van der Waals surface area (Å²) in [5, 5.41) is 19.8. The van der Waals surface area contributed by atoms with Crippen molar-refractivity contribution in [2.24, 2.45) is 0 Å². The minimum atomic E-state index is -2.66. The first kappa shape index (κ1) is 9.03. The maximum atomic E-state index is 12.3. The summed E-state index contributed by atoms with van der Waals surface area (Å²) in [4.78, 5) is 11.5. The zero-order valence-corrected chi connectivity index (χ0v) is 9.46. The molecule has 6 heteroatoms. The molecule has 4 heterocycles. The van der Waals surface area contributed by atoms with Gasteiger partial charge in [0, 0.05) is 10.9 Å². The molecule has 0 aromatic carbocycles. The quantitative estimate of drug-likeness (QED) is 0.706. The molecule has 3 aliphatic rings. The van der Waals surface area contributed by atoms with Gasteiger partial charge in [-0.1, -0.05) is 0 Å². The Balaban J connectivity index is 2.21. The van der Waals surface area contributed by atoms with Crippen molar-refractivity contribution in [3.05, 3.63) is 43.9 Å². The van der Waals surface area contributed by atoms with Crippen molar-refractivity contribution < 1.29 is 14.1 Å². The number of hydrogen-bond acceptors (Lipinski definition) is 5. The molecule has 4 rings (SSSR count). The number of allylic oxidation sites excluding steroid dienone is 1. The minimum Gasteiger partial charge on any atom is -0.506 e. The van der Waals surface area contributed by atoms with E-state index in [1.54, 1.807) is 13.0 Å². The van der Waals surface area contributed by atoms with Gasteiger partial charge in [-0.05, 0) is 12.5 Å². The summed E-state index contributed by atoms with van der Waals surface area (Å²) < 4.78 is 17.3. The highest BCUT2D eigenvalue weighted by molar-refractivity contribution is 7.98. The Morgan fingerprint density at radius 2 is 2.06 bits per heavy atom. The number of aliphatic hydroxyl groups is 1. The van der Waals surface area contributed by atoms with Crippen LogP contribution in [0.3, 0.4) is 0 Å². The first-order valence-corrected chi connectivity index (χ1v) is 6.62. The van der Waals surface area contributed by atoms with Gasteiger partial charge >= 0.3 is 5.63 Å². The van der Waals surface area contributed by atoms with E-state index < -0.39 is 12.8 Å². The van der Waals surface area contributed by atoms with Crippen LogP contribution in [0.4, 0.5) is 0 Å². The van der Waals surface area contributed by atoms with Gasteiger partial charge in [-0.3, -0.25) is 0 Å². The van der Waals surface area contributed by atoms with Gasteiger partial charge in [0.2, 0.25) is 0 Å². The summed E-state index contributed by atoms with van der Waals surface area (Å²) in [6, 6.07) is 1.79. The monoisotopic (exact) mass is 245 g/mol. The van der Waals surface area contributed by atoms with Crippen LogP contribution in [0.5, 0.6) is 0 Å². The van der Waals surface area contributed by atoms with Crippen LogP contribution in [0.2, 0.25) is 0 Å². The van der Waals surface area contributed by atoms with Gasteiger partial charge in [-0.25, -0.2) is 4.79 Å². The van der Waals surface area contributed by atoms with Gasteiger partial charge in [-0.2, -0.15) is 5.26 Å². The highest BCUT2D eigenvalue weighted by Crippen LogP contribution is 3.00. The maximum absolute atomic E-state index is 12.3. The SMILES string of the molecule is Cc1c2c(oc(=O)c1C#N)C1=C(O)C3=C2P31=O. The molecule has 0 saturated heterocycles. The molecular formula is C11H4NO4P. The van der Waals surface area contributed by atoms with Crippen molar-refractivity contribution in [2.75, 3.05) is 0 Å². The second-order valence-corrected chi connectivity index (χ2v) is 6.77. The lowest BCUT2D eigenvalue weighted by Crippen LogP contribution is -2.11. The number of rotatable bonds is 0. The molecule has 1 N–H and O–H groups in total. The molecule has 17 heavy (non-hydrogen) atoms. The van der Waals surface area contributed by atoms with Gasteiger partial charge in [0.1, 0.15) is 22.7 Å². The zero-order valence-electron chi connectivity index (χ0n) is 8.57. The Hall–Kier alpha value is -2.05. The van der Waals surface area contributed by atoms with Gasteiger partial charge < -0.3 is 14.1 Å². The van der Waals surface area contributed by atoms with Gasteiger partial charge in [0.15, 0.2) is 12.9 Å². The third-order valence-electron chi connectivity index (χ3n) is 3.51. The standard InChI is InChI=1S/C11H4NO4P/c1-3-4(2-12)11(14)16-7-5(3)8-10-6(13)9(7)17(8,10)15/h13H,1H3. The van der Waals surface area contributed by atoms with Crippen LogP contribution >= 0.6 is 7.14 Å². The molecule has 0 aliphatic carbocycles. The molecular weight excluding hydrogens is 241 g/mol. The van der Waals surface area contributed by atoms with Crippen molar-refractivity contribution in [2.45, 2.75) is 6.92 Å². The molecule has 1 aromatic heterocycles. The summed E-state index contributed by atoms with van der Waals surface area (Å²) in [5.74, 6) is 0.181. The van der Waals surface area contributed by atoms with E-state index in [0.29, 0.717) is 21.8 Å². The third-order valence-corrected chi connectivity index (χ3v) is 6.47. The predicted octanol–water partition coefficient (Wildman–Crippen LogP) is 2.12. The van der Waals surface area contributed by atoms with Crippen LogP contribution in [0.25, 0.3) is 10.6 Å². The van der Waals surface area contributed by atoms with E-state index >= 15 is 0 Å². The number of nitrogens with zero attached hydrogens (tertiary/aromatic N) is 1. The van der Waals surface area contributed by atoms with Gasteiger partial charge in [0.05, 0.1) is 5.31 Å². The number of hydrogen-bond donors (Lipinski definition) is 1. The van der Waals surface area contributed by atoms with Crippen molar-refractivity contribution in [3.63, 3.8) is 0 Å². The van der Waals surface area contributed by atoms with E-state index in [1.165, 1.54) is 0 Å². The summed E-state index contributed by atoms with van der Waals surface area (Å²) in [7, 11) is -2.66. The third kappa shape index (κ3) is 0.636. The summed E-state index contributed by atoms with van der Waals surface area (Å²) in [6.07, 6.45) is 0. The molecule has 0 bridgehead atoms. The van der Waals surface area contributed by atoms with Crippen LogP contribution in [0.1, 0.15) is 22.5 Å². The Morgan fingerprint density at radius 3 is 2.71 bits per heavy atom. The average Bonchev–Trinajstić information content (AvgIpc) is 2.71. The molecule has 82 valence electrons. The van der Waals surface area contributed by atoms with E-state index in [1.807, 2.05) is 0 Å². The van der Waals surface area contributed by atoms with Crippen LogP contribution in [0.15, 0.2) is 20.3 Å². The lowest BCUT2D eigenvalue weighted by Gasteiger charge is -2.15. The van der Waals surface area contributed by atoms with E-state index in [4.69, 9.17) is 9.68 Å². The lowest BCUT2D eigenvalue weighted by molar-refractivity contribution is 0.424. The number of nitriles is 1. The topological polar surface area (TPSA) is 91.3 Å². The van der Waals surface area contributed by atoms with E-state index in [-0.39, 0.29) is 22.4 Å². The molecule has 0 radical (unpaired) electrons. The fourth-order valence-corrected chi connectivity index (χ4v) is 5.75. The Kier molecular flexibility index (Phi) is 1.14. The molecule has 0 saturated carbocycles. The van der Waals surface area contributed by atoms with Crippen molar-refractivity contribution in [1.29, 1.82) is 5.26 Å². The molecule has 5 nitrogen and oxygen atoms in total. The van der Waals surface area contributed by atoms with Crippen LogP contribution in [0, 0.1) is 18.3 Å². The Morgan fingerprint density at radius 1 is 1.35 bits per heavy atom. The zero-order chi connectivity index (χ0) is 12.1. The van der Waals surface area contributed by atoms with Crippen molar-refractivity contribution in [1.82, 2.24) is 0 Å². The lowest BCUT2D eigenvalue weighted by atomic mass is 10.0. The Labute approximate surface area is 94.7 Å². The molecule has 0 amide bonds. The first-order chi connectivity index (χ1) is 8.03. The fraction of sp³-hybridized carbons (Fsp3) is 0.0909. The predicted molar refractivity (Wildman–Crippen MR) is 58.5 cm³/mol. The fourth-order valence-electron chi connectivity index (χ4n) is 2.67. The normalized spacial score (nSPS) is 26.4. The minimum absolute atomic E-state index is 0.0110. The second kappa shape index (κ2) is 2.15. The van der Waals surface area contributed by atoms with Gasteiger partial charge in [0.25, 0.3) is 0 Å². The molecule has 0 fully saturated rings. The Bertz CT molecular complexity index is 863. The van der Waals surface area contributed by atoms with Crippen molar-refractivity contribution in [3.8, 4) is 6.07 Å². The molecule has 1 aromatic rings. The first-order valence-electron chi connectivity index (χ1n) is 4.91. The van der Waals surface area contributed by atoms with E-state index in [0.717, 1.165) is 0 Å². The maximum Gasteiger partial charge on any atom is 0.354 e. The van der Waals surface area contributed by atoms with E-state index in [9.17, 15) is 14.5 Å². The highest BCUT2D eigenvalue weighted by Gasteiger charge is 2.71. The van der Waals surface area contributed by atoms with Gasteiger partial charge in [-0.15, -0.1) is 0 Å². The number of fused-ring (bicyclic) bond motifs is 3. The van der Waals surface area contributed by atoms with Crippen LogP contribution in [-0.4, -0.2) is 5.11 Å². The summed E-state index contributed by atoms with van der Waals surface area (Å²) >= 11 is 0.